The Labute approximate surface area is 193 Å². The lowest BCUT2D eigenvalue weighted by atomic mass is 9.96. The topological polar surface area (TPSA) is 58.4 Å². The Morgan fingerprint density at radius 2 is 1.67 bits per heavy atom. The number of nitrogens with zero attached hydrogens (tertiary/aromatic N) is 4. The molecular formula is C27H28N4O2. The highest BCUT2D eigenvalue weighted by molar-refractivity contribution is 5.98. The predicted molar refractivity (Wildman–Crippen MR) is 125 cm³/mol. The van der Waals surface area contributed by atoms with Crippen LogP contribution in [0.1, 0.15) is 46.2 Å². The molecule has 33 heavy (non-hydrogen) atoms. The fourth-order valence-corrected chi connectivity index (χ4v) is 5.42. The lowest BCUT2D eigenvalue weighted by molar-refractivity contribution is -0.137. The van der Waals surface area contributed by atoms with E-state index in [1.54, 1.807) is 0 Å². The number of likely N-dealkylation sites (tertiary alicyclic amines) is 1. The summed E-state index contributed by atoms with van der Waals surface area (Å²) in [5, 5.41) is 4.75. The van der Waals surface area contributed by atoms with Crippen molar-refractivity contribution in [2.45, 2.75) is 32.2 Å². The number of carbonyl (C=O) groups excluding carboxylic acids is 2. The van der Waals surface area contributed by atoms with Crippen LogP contribution in [0, 0.1) is 18.8 Å². The summed E-state index contributed by atoms with van der Waals surface area (Å²) < 4.78 is 1.83. The molecule has 6 heteroatoms. The van der Waals surface area contributed by atoms with Crippen molar-refractivity contribution in [3.63, 3.8) is 0 Å². The molecule has 1 saturated heterocycles. The first-order chi connectivity index (χ1) is 16.1. The van der Waals surface area contributed by atoms with Crippen LogP contribution in [0.15, 0.2) is 60.7 Å². The quantitative estimate of drug-likeness (QED) is 0.586. The van der Waals surface area contributed by atoms with Gasteiger partial charge in [-0.1, -0.05) is 48.5 Å². The fraction of sp³-hybridized carbons (Fsp3) is 0.370. The van der Waals surface area contributed by atoms with Gasteiger partial charge in [0.15, 0.2) is 0 Å². The molecule has 3 heterocycles. The van der Waals surface area contributed by atoms with Crippen LogP contribution in [-0.4, -0.2) is 51.0 Å². The molecule has 0 spiro atoms. The first-order valence-corrected chi connectivity index (χ1v) is 11.9. The second-order valence-corrected chi connectivity index (χ2v) is 9.66. The van der Waals surface area contributed by atoms with Crippen LogP contribution in [0.5, 0.6) is 0 Å². The first kappa shape index (κ1) is 20.2. The van der Waals surface area contributed by atoms with Gasteiger partial charge >= 0.3 is 0 Å². The van der Waals surface area contributed by atoms with Crippen LogP contribution in [0.3, 0.4) is 0 Å². The molecule has 1 unspecified atom stereocenters. The molecular weight excluding hydrogens is 412 g/mol. The van der Waals surface area contributed by atoms with Gasteiger partial charge in [-0.3, -0.25) is 9.59 Å². The minimum absolute atomic E-state index is 0.0837. The molecule has 3 aliphatic rings. The van der Waals surface area contributed by atoms with E-state index in [4.69, 9.17) is 5.10 Å². The third-order valence-corrected chi connectivity index (χ3v) is 7.23. The molecule has 2 amide bonds. The molecule has 0 radical (unpaired) electrons. The van der Waals surface area contributed by atoms with E-state index in [1.165, 1.54) is 0 Å². The molecule has 168 valence electrons. The van der Waals surface area contributed by atoms with Crippen molar-refractivity contribution < 1.29 is 9.59 Å². The average Bonchev–Trinajstić information content (AvgIpc) is 3.52. The van der Waals surface area contributed by atoms with E-state index >= 15 is 0 Å². The van der Waals surface area contributed by atoms with Gasteiger partial charge in [-0.25, -0.2) is 4.68 Å². The van der Waals surface area contributed by atoms with Gasteiger partial charge in [-0.15, -0.1) is 0 Å². The average molecular weight is 441 g/mol. The highest BCUT2D eigenvalue weighted by atomic mass is 16.2. The van der Waals surface area contributed by atoms with Crippen molar-refractivity contribution in [1.29, 1.82) is 0 Å². The van der Waals surface area contributed by atoms with E-state index < -0.39 is 0 Å². The van der Waals surface area contributed by atoms with Crippen molar-refractivity contribution in [2.75, 3.05) is 19.6 Å². The van der Waals surface area contributed by atoms with Gasteiger partial charge in [0.1, 0.15) is 5.69 Å². The third kappa shape index (κ3) is 3.54. The smallest absolute Gasteiger partial charge is 0.273 e. The highest BCUT2D eigenvalue weighted by Crippen LogP contribution is 2.51. The number of rotatable bonds is 6. The number of fused-ring (bicyclic) bond motifs is 1. The SMILES string of the molecule is Cc1nn(-c2ccccc2)c2c1C(C1CC1)N(CC1CN(C(=O)Cc3ccccc3)C1)C2=O. The van der Waals surface area contributed by atoms with Gasteiger partial charge in [0.2, 0.25) is 5.91 Å². The molecule has 2 aliphatic heterocycles. The van der Waals surface area contributed by atoms with E-state index in [-0.39, 0.29) is 17.9 Å². The zero-order valence-corrected chi connectivity index (χ0v) is 18.9. The normalized spacial score (nSPS) is 20.2. The van der Waals surface area contributed by atoms with Crippen molar-refractivity contribution >= 4 is 11.8 Å². The molecule has 1 aromatic heterocycles. The van der Waals surface area contributed by atoms with Crippen LogP contribution in [0.25, 0.3) is 5.69 Å². The second-order valence-electron chi connectivity index (χ2n) is 9.66. The molecule has 0 N–H and O–H groups in total. The second kappa shape index (κ2) is 7.87. The lowest BCUT2D eigenvalue weighted by Gasteiger charge is -2.42. The monoisotopic (exact) mass is 440 g/mol. The third-order valence-electron chi connectivity index (χ3n) is 7.23. The summed E-state index contributed by atoms with van der Waals surface area (Å²) in [5.74, 6) is 1.11. The van der Waals surface area contributed by atoms with Crippen LogP contribution in [0.2, 0.25) is 0 Å². The van der Waals surface area contributed by atoms with E-state index in [1.807, 2.05) is 77.2 Å². The van der Waals surface area contributed by atoms with Gasteiger partial charge < -0.3 is 9.80 Å². The molecule has 6 nitrogen and oxygen atoms in total. The summed E-state index contributed by atoms with van der Waals surface area (Å²) >= 11 is 0. The van der Waals surface area contributed by atoms with Gasteiger partial charge in [0.25, 0.3) is 5.91 Å². The van der Waals surface area contributed by atoms with Crippen LogP contribution in [-0.2, 0) is 11.2 Å². The maximum atomic E-state index is 13.7. The van der Waals surface area contributed by atoms with E-state index in [0.717, 1.165) is 54.1 Å². The molecule has 2 fully saturated rings. The fourth-order valence-electron chi connectivity index (χ4n) is 5.42. The molecule has 0 bridgehead atoms. The number of benzene rings is 2. The van der Waals surface area contributed by atoms with Gasteiger partial charge in [-0.05, 0) is 43.4 Å². The van der Waals surface area contributed by atoms with E-state index in [0.29, 0.717) is 24.8 Å². The number of carbonyl (C=O) groups is 2. The Balaban J connectivity index is 1.18. The van der Waals surface area contributed by atoms with Gasteiger partial charge in [0, 0.05) is 31.1 Å². The van der Waals surface area contributed by atoms with Gasteiger partial charge in [-0.2, -0.15) is 5.10 Å². The summed E-state index contributed by atoms with van der Waals surface area (Å²) in [4.78, 5) is 30.3. The van der Waals surface area contributed by atoms with E-state index in [9.17, 15) is 9.59 Å². The number of hydrogen-bond acceptors (Lipinski definition) is 3. The molecule has 2 aromatic carbocycles. The Hall–Kier alpha value is -3.41. The van der Waals surface area contributed by atoms with Crippen molar-refractivity contribution in [3.8, 4) is 5.69 Å². The van der Waals surface area contributed by atoms with Crippen molar-refractivity contribution in [2.24, 2.45) is 11.8 Å². The Bertz CT molecular complexity index is 1190. The Morgan fingerprint density at radius 1 is 1.00 bits per heavy atom. The van der Waals surface area contributed by atoms with Crippen LogP contribution < -0.4 is 0 Å². The number of amides is 2. The predicted octanol–water partition coefficient (Wildman–Crippen LogP) is 3.79. The van der Waals surface area contributed by atoms with Gasteiger partial charge in [0.05, 0.1) is 23.8 Å². The molecule has 1 aliphatic carbocycles. The van der Waals surface area contributed by atoms with E-state index in [2.05, 4.69) is 4.90 Å². The number of para-hydroxylation sites is 1. The number of aryl methyl sites for hydroxylation is 1. The van der Waals surface area contributed by atoms with Crippen molar-refractivity contribution in [3.05, 3.63) is 83.2 Å². The minimum Gasteiger partial charge on any atom is -0.342 e. The maximum Gasteiger partial charge on any atom is 0.273 e. The lowest BCUT2D eigenvalue weighted by Crippen LogP contribution is -2.54. The molecule has 1 saturated carbocycles. The Morgan fingerprint density at radius 3 is 2.33 bits per heavy atom. The zero-order valence-electron chi connectivity index (χ0n) is 18.9. The summed E-state index contributed by atoms with van der Waals surface area (Å²) in [7, 11) is 0. The molecule has 6 rings (SSSR count). The zero-order chi connectivity index (χ0) is 22.5. The number of hydrogen-bond donors (Lipinski definition) is 0. The van der Waals surface area contributed by atoms with Crippen molar-refractivity contribution in [1.82, 2.24) is 19.6 Å². The summed E-state index contributed by atoms with van der Waals surface area (Å²) in [6.45, 7) is 4.19. The number of aromatic nitrogens is 2. The Kier molecular flexibility index (Phi) is 4.82. The summed E-state index contributed by atoms with van der Waals surface area (Å²) in [6.07, 6.45) is 2.77. The first-order valence-electron chi connectivity index (χ1n) is 11.9. The molecule has 3 aromatic rings. The van der Waals surface area contributed by atoms with Crippen LogP contribution in [0.4, 0.5) is 0 Å². The standard InChI is InChI=1S/C27H28N4O2/c1-18-24-25(21-12-13-21)30(27(33)26(24)31(28-18)22-10-6-3-7-11-22)17-20-15-29(16-20)23(32)14-19-8-4-2-5-9-19/h2-11,20-21,25H,12-17H2,1H3. The summed E-state index contributed by atoms with van der Waals surface area (Å²) in [5.41, 5.74) is 4.77. The highest BCUT2D eigenvalue weighted by Gasteiger charge is 2.50. The maximum absolute atomic E-state index is 13.7. The summed E-state index contributed by atoms with van der Waals surface area (Å²) in [6, 6.07) is 19.9. The largest absolute Gasteiger partial charge is 0.342 e. The van der Waals surface area contributed by atoms with Crippen LogP contribution >= 0.6 is 0 Å². The molecule has 1 atom stereocenters. The minimum atomic E-state index is 0.0837.